The van der Waals surface area contributed by atoms with E-state index in [0.717, 1.165) is 6.42 Å². The van der Waals surface area contributed by atoms with Crippen molar-refractivity contribution >= 4 is 11.9 Å². The summed E-state index contributed by atoms with van der Waals surface area (Å²) in [6.45, 7) is 12.4. The van der Waals surface area contributed by atoms with Gasteiger partial charge < -0.3 is 9.47 Å². The summed E-state index contributed by atoms with van der Waals surface area (Å²) in [5.41, 5.74) is 0.452. The Kier molecular flexibility index (Phi) is 5.00. The van der Waals surface area contributed by atoms with E-state index in [9.17, 15) is 9.59 Å². The molecule has 0 unspecified atom stereocenters. The molecular weight excluding hydrogens is 256 g/mol. The van der Waals surface area contributed by atoms with Crippen LogP contribution < -0.4 is 0 Å². The normalized spacial score (nSPS) is 20.5. The highest BCUT2D eigenvalue weighted by atomic mass is 16.5. The Balaban J connectivity index is 3.36. The lowest BCUT2D eigenvalue weighted by atomic mass is 9.57. The van der Waals surface area contributed by atoms with Crippen molar-refractivity contribution in [3.63, 3.8) is 0 Å². The van der Waals surface area contributed by atoms with Crippen LogP contribution in [0.1, 0.15) is 54.4 Å². The second-order valence-electron chi connectivity index (χ2n) is 6.30. The molecule has 0 bridgehead atoms. The van der Waals surface area contributed by atoms with E-state index in [4.69, 9.17) is 9.47 Å². The molecule has 4 nitrogen and oxygen atoms in total. The van der Waals surface area contributed by atoms with Crippen molar-refractivity contribution in [1.29, 1.82) is 0 Å². The summed E-state index contributed by atoms with van der Waals surface area (Å²) < 4.78 is 10.3. The molecule has 0 spiro atoms. The number of esters is 2. The second-order valence-corrected chi connectivity index (χ2v) is 6.30. The van der Waals surface area contributed by atoms with Gasteiger partial charge in [0.05, 0.1) is 18.8 Å². The Bertz CT molecular complexity index is 430. The molecule has 0 N–H and O–H groups in total. The molecule has 0 fully saturated rings. The standard InChI is InChI=1S/C16H26O4/c1-7-19-13(17)11-9-10-15(3,4)16(5,6)12(11)14(18)20-8-2/h7-10H2,1-6H3. The molecule has 0 saturated heterocycles. The van der Waals surface area contributed by atoms with Crippen molar-refractivity contribution in [2.75, 3.05) is 13.2 Å². The van der Waals surface area contributed by atoms with Gasteiger partial charge >= 0.3 is 11.9 Å². The van der Waals surface area contributed by atoms with Crippen molar-refractivity contribution < 1.29 is 19.1 Å². The van der Waals surface area contributed by atoms with Crippen LogP contribution in [0, 0.1) is 10.8 Å². The molecule has 1 aliphatic carbocycles. The number of hydrogen-bond donors (Lipinski definition) is 0. The van der Waals surface area contributed by atoms with E-state index in [1.807, 2.05) is 13.8 Å². The molecular formula is C16H26O4. The zero-order valence-electron chi connectivity index (χ0n) is 13.5. The van der Waals surface area contributed by atoms with Crippen molar-refractivity contribution in [2.45, 2.75) is 54.4 Å². The molecule has 0 atom stereocenters. The first-order valence-corrected chi connectivity index (χ1v) is 7.27. The van der Waals surface area contributed by atoms with Crippen molar-refractivity contribution in [3.8, 4) is 0 Å². The van der Waals surface area contributed by atoms with Crippen molar-refractivity contribution in [3.05, 3.63) is 11.1 Å². The van der Waals surface area contributed by atoms with Crippen LogP contribution in [0.25, 0.3) is 0 Å². The van der Waals surface area contributed by atoms with Gasteiger partial charge in [-0.05, 0) is 32.1 Å². The molecule has 0 amide bonds. The smallest absolute Gasteiger partial charge is 0.335 e. The first kappa shape index (κ1) is 16.7. The van der Waals surface area contributed by atoms with Gasteiger partial charge in [0.1, 0.15) is 0 Å². The Hall–Kier alpha value is -1.32. The van der Waals surface area contributed by atoms with Crippen LogP contribution in [0.4, 0.5) is 0 Å². The van der Waals surface area contributed by atoms with Gasteiger partial charge in [-0.2, -0.15) is 0 Å². The predicted octanol–water partition coefficient (Wildman–Crippen LogP) is 3.26. The van der Waals surface area contributed by atoms with Gasteiger partial charge in [-0.25, -0.2) is 9.59 Å². The SMILES string of the molecule is CCOC(=O)C1=C(C(=O)OCC)C(C)(C)C(C)(C)CC1. The second kappa shape index (κ2) is 5.98. The summed E-state index contributed by atoms with van der Waals surface area (Å²) in [6, 6.07) is 0. The number of carbonyl (C=O) groups excluding carboxylic acids is 2. The van der Waals surface area contributed by atoms with Gasteiger partial charge in [0.25, 0.3) is 0 Å². The highest BCUT2D eigenvalue weighted by Gasteiger charge is 2.48. The lowest BCUT2D eigenvalue weighted by Gasteiger charge is -2.46. The largest absolute Gasteiger partial charge is 0.463 e. The van der Waals surface area contributed by atoms with Crippen LogP contribution >= 0.6 is 0 Å². The van der Waals surface area contributed by atoms with Gasteiger partial charge in [-0.1, -0.05) is 27.7 Å². The number of rotatable bonds is 4. The molecule has 0 aliphatic heterocycles. The van der Waals surface area contributed by atoms with Gasteiger partial charge in [-0.3, -0.25) is 0 Å². The molecule has 114 valence electrons. The summed E-state index contributed by atoms with van der Waals surface area (Å²) in [5.74, 6) is -0.785. The molecule has 20 heavy (non-hydrogen) atoms. The third kappa shape index (κ3) is 2.89. The van der Waals surface area contributed by atoms with E-state index < -0.39 is 11.4 Å². The molecule has 0 aromatic heterocycles. The Morgan fingerprint density at radius 3 is 2.00 bits per heavy atom. The molecule has 1 aliphatic rings. The molecule has 4 heteroatoms. The minimum atomic E-state index is -0.431. The van der Waals surface area contributed by atoms with E-state index in [2.05, 4.69) is 13.8 Å². The summed E-state index contributed by atoms with van der Waals surface area (Å²) in [7, 11) is 0. The average Bonchev–Trinajstić information content (AvgIpc) is 2.32. The minimum absolute atomic E-state index is 0.0783. The fourth-order valence-electron chi connectivity index (χ4n) is 2.59. The zero-order chi connectivity index (χ0) is 15.6. The fourth-order valence-corrected chi connectivity index (χ4v) is 2.59. The lowest BCUT2D eigenvalue weighted by molar-refractivity contribution is -0.144. The molecule has 0 radical (unpaired) electrons. The summed E-state index contributed by atoms with van der Waals surface area (Å²) in [6.07, 6.45) is 1.40. The van der Waals surface area contributed by atoms with Crippen LogP contribution in [-0.2, 0) is 19.1 Å². The first-order valence-electron chi connectivity index (χ1n) is 7.27. The van der Waals surface area contributed by atoms with Gasteiger partial charge in [0.2, 0.25) is 0 Å². The van der Waals surface area contributed by atoms with E-state index >= 15 is 0 Å². The number of ether oxygens (including phenoxy) is 2. The summed E-state index contributed by atoms with van der Waals surface area (Å²) in [5, 5.41) is 0. The third-order valence-corrected chi connectivity index (χ3v) is 4.62. The minimum Gasteiger partial charge on any atom is -0.463 e. The van der Waals surface area contributed by atoms with Crippen molar-refractivity contribution in [1.82, 2.24) is 0 Å². The molecule has 0 saturated carbocycles. The van der Waals surface area contributed by atoms with Gasteiger partial charge in [-0.15, -0.1) is 0 Å². The highest BCUT2D eigenvalue weighted by Crippen LogP contribution is 2.53. The topological polar surface area (TPSA) is 52.6 Å². The van der Waals surface area contributed by atoms with E-state index in [0.29, 0.717) is 30.8 Å². The van der Waals surface area contributed by atoms with Gasteiger partial charge in [0, 0.05) is 11.0 Å². The number of hydrogen-bond acceptors (Lipinski definition) is 4. The zero-order valence-corrected chi connectivity index (χ0v) is 13.5. The maximum absolute atomic E-state index is 12.3. The molecule has 0 aromatic rings. The van der Waals surface area contributed by atoms with E-state index in [1.54, 1.807) is 13.8 Å². The molecule has 1 rings (SSSR count). The molecule has 0 aromatic carbocycles. The van der Waals surface area contributed by atoms with E-state index in [1.165, 1.54) is 0 Å². The summed E-state index contributed by atoms with van der Waals surface area (Å²) in [4.78, 5) is 24.5. The van der Waals surface area contributed by atoms with Crippen molar-refractivity contribution in [2.24, 2.45) is 10.8 Å². The van der Waals surface area contributed by atoms with E-state index in [-0.39, 0.29) is 11.4 Å². The van der Waals surface area contributed by atoms with Crippen LogP contribution in [0.3, 0.4) is 0 Å². The predicted molar refractivity (Wildman–Crippen MR) is 77.1 cm³/mol. The van der Waals surface area contributed by atoms with Crippen LogP contribution in [0.5, 0.6) is 0 Å². The average molecular weight is 282 g/mol. The first-order chi connectivity index (χ1) is 9.19. The molecule has 0 heterocycles. The Morgan fingerprint density at radius 1 is 1.00 bits per heavy atom. The third-order valence-electron chi connectivity index (χ3n) is 4.62. The number of carbonyl (C=O) groups is 2. The Morgan fingerprint density at radius 2 is 1.50 bits per heavy atom. The summed E-state index contributed by atoms with van der Waals surface area (Å²) >= 11 is 0. The Labute approximate surface area is 121 Å². The van der Waals surface area contributed by atoms with Crippen LogP contribution in [0.15, 0.2) is 11.1 Å². The van der Waals surface area contributed by atoms with Crippen LogP contribution in [-0.4, -0.2) is 25.2 Å². The quantitative estimate of drug-likeness (QED) is 0.743. The van der Waals surface area contributed by atoms with Crippen LogP contribution in [0.2, 0.25) is 0 Å². The highest BCUT2D eigenvalue weighted by molar-refractivity contribution is 6.01. The fraction of sp³-hybridized carbons (Fsp3) is 0.750. The maximum atomic E-state index is 12.3. The monoisotopic (exact) mass is 282 g/mol. The maximum Gasteiger partial charge on any atom is 0.335 e. The lowest BCUT2D eigenvalue weighted by Crippen LogP contribution is -2.42. The van der Waals surface area contributed by atoms with Gasteiger partial charge in [0.15, 0.2) is 0 Å².